The first-order valence-corrected chi connectivity index (χ1v) is 9.01. The average Bonchev–Trinajstić information content (AvgIpc) is 2.64. The number of nitrogens with one attached hydrogen (secondary N) is 2. The molecule has 1 aromatic carbocycles. The highest BCUT2D eigenvalue weighted by molar-refractivity contribution is 5.97. The maximum absolute atomic E-state index is 12.1. The summed E-state index contributed by atoms with van der Waals surface area (Å²) in [6, 6.07) is 7.66. The molecule has 0 atom stereocenters. The summed E-state index contributed by atoms with van der Waals surface area (Å²) in [5, 5.41) is 6.24. The van der Waals surface area contributed by atoms with Crippen molar-refractivity contribution in [1.82, 2.24) is 15.5 Å². The van der Waals surface area contributed by atoms with Crippen molar-refractivity contribution in [3.63, 3.8) is 0 Å². The molecule has 1 aliphatic heterocycles. The summed E-state index contributed by atoms with van der Waals surface area (Å²) >= 11 is 0. The van der Waals surface area contributed by atoms with Gasteiger partial charge >= 0.3 is 0 Å². The van der Waals surface area contributed by atoms with Crippen LogP contribution in [0.25, 0.3) is 0 Å². The minimum Gasteiger partial charge on any atom is -0.356 e. The summed E-state index contributed by atoms with van der Waals surface area (Å²) in [6.07, 6.45) is 2.46. The van der Waals surface area contributed by atoms with Crippen LogP contribution in [-0.4, -0.2) is 55.9 Å². The quantitative estimate of drug-likeness (QED) is 0.518. The third-order valence-electron chi connectivity index (χ3n) is 4.45. The van der Waals surface area contributed by atoms with Gasteiger partial charge in [0.25, 0.3) is 0 Å². The number of nitrogens with zero attached hydrogens (tertiary/aromatic N) is 1. The molecule has 5 nitrogen and oxygen atoms in total. The molecule has 2 N–H and O–H groups in total. The summed E-state index contributed by atoms with van der Waals surface area (Å²) < 4.78 is 0. The number of carbonyl (C=O) groups is 2. The lowest BCUT2D eigenvalue weighted by atomic mass is 10.0. The number of Topliss-reactive ketones (excluding diaryl/α,β-unsaturated/α-hetero) is 1. The van der Waals surface area contributed by atoms with E-state index in [1.54, 1.807) is 0 Å². The van der Waals surface area contributed by atoms with Crippen LogP contribution in [0.5, 0.6) is 0 Å². The van der Waals surface area contributed by atoms with E-state index >= 15 is 0 Å². The molecule has 1 aliphatic rings. The largest absolute Gasteiger partial charge is 0.356 e. The Morgan fingerprint density at radius 1 is 1.12 bits per heavy atom. The number of halogens is 1. The Balaban J connectivity index is 0.00000312. The molecule has 2 rings (SSSR count). The summed E-state index contributed by atoms with van der Waals surface area (Å²) in [6.45, 7) is 8.05. The standard InChI is InChI=1S/C19H29N3O2.ClH/c1-2-16-4-6-17(7-5-16)18(23)8-9-19(24)21-10-3-13-22-14-11-20-12-15-22;/h4-7,20H,2-3,8-15H2,1H3,(H,21,24);1H. The SMILES string of the molecule is CCc1ccc(C(=O)CCC(=O)NCCCN2CCNCC2)cc1.Cl. The zero-order chi connectivity index (χ0) is 17.2. The van der Waals surface area contributed by atoms with Gasteiger partial charge in [-0.05, 0) is 24.9 Å². The Labute approximate surface area is 157 Å². The number of hydrogen-bond donors (Lipinski definition) is 2. The molecule has 140 valence electrons. The van der Waals surface area contributed by atoms with E-state index in [1.165, 1.54) is 5.56 Å². The van der Waals surface area contributed by atoms with Gasteiger partial charge in [-0.1, -0.05) is 31.2 Å². The third kappa shape index (κ3) is 7.99. The highest BCUT2D eigenvalue weighted by Crippen LogP contribution is 2.08. The predicted molar refractivity (Wildman–Crippen MR) is 104 cm³/mol. The van der Waals surface area contributed by atoms with Crippen molar-refractivity contribution in [3.8, 4) is 0 Å². The van der Waals surface area contributed by atoms with Crippen LogP contribution in [0, 0.1) is 0 Å². The van der Waals surface area contributed by atoms with Crippen LogP contribution < -0.4 is 10.6 Å². The van der Waals surface area contributed by atoms with Crippen molar-refractivity contribution in [2.45, 2.75) is 32.6 Å². The van der Waals surface area contributed by atoms with Crippen LogP contribution in [0.2, 0.25) is 0 Å². The first-order valence-electron chi connectivity index (χ1n) is 9.01. The first-order chi connectivity index (χ1) is 11.7. The number of piperazine rings is 1. The fraction of sp³-hybridized carbons (Fsp3) is 0.579. The van der Waals surface area contributed by atoms with Crippen molar-refractivity contribution in [2.24, 2.45) is 0 Å². The molecular weight excluding hydrogens is 338 g/mol. The molecule has 25 heavy (non-hydrogen) atoms. The van der Waals surface area contributed by atoms with E-state index in [4.69, 9.17) is 0 Å². The molecule has 1 heterocycles. The smallest absolute Gasteiger partial charge is 0.220 e. The highest BCUT2D eigenvalue weighted by Gasteiger charge is 2.10. The van der Waals surface area contributed by atoms with E-state index in [0.717, 1.165) is 45.6 Å². The number of amides is 1. The molecular formula is C19H30ClN3O2. The zero-order valence-corrected chi connectivity index (χ0v) is 15.9. The molecule has 0 unspecified atom stereocenters. The van der Waals surface area contributed by atoms with Gasteiger partial charge in [0.1, 0.15) is 0 Å². The molecule has 1 fully saturated rings. The molecule has 0 aromatic heterocycles. The lowest BCUT2D eigenvalue weighted by Gasteiger charge is -2.27. The van der Waals surface area contributed by atoms with Crippen molar-refractivity contribution in [3.05, 3.63) is 35.4 Å². The van der Waals surface area contributed by atoms with Crippen molar-refractivity contribution < 1.29 is 9.59 Å². The van der Waals surface area contributed by atoms with Gasteiger partial charge in [-0.25, -0.2) is 0 Å². The number of aryl methyl sites for hydroxylation is 1. The Hall–Kier alpha value is -1.43. The molecule has 0 aliphatic carbocycles. The van der Waals surface area contributed by atoms with Gasteiger partial charge < -0.3 is 15.5 Å². The average molecular weight is 368 g/mol. The van der Waals surface area contributed by atoms with Crippen molar-refractivity contribution >= 4 is 24.1 Å². The van der Waals surface area contributed by atoms with Crippen LogP contribution in [0.4, 0.5) is 0 Å². The van der Waals surface area contributed by atoms with E-state index in [9.17, 15) is 9.59 Å². The molecule has 1 aromatic rings. The molecule has 1 saturated heterocycles. The van der Waals surface area contributed by atoms with E-state index < -0.39 is 0 Å². The van der Waals surface area contributed by atoms with Crippen LogP contribution in [0.1, 0.15) is 42.1 Å². The van der Waals surface area contributed by atoms with Gasteiger partial charge in [-0.15, -0.1) is 12.4 Å². The topological polar surface area (TPSA) is 61.4 Å². The summed E-state index contributed by atoms with van der Waals surface area (Å²) in [5.74, 6) is 0.00228. The lowest BCUT2D eigenvalue weighted by Crippen LogP contribution is -2.44. The van der Waals surface area contributed by atoms with E-state index in [0.29, 0.717) is 12.1 Å². The fourth-order valence-corrected chi connectivity index (χ4v) is 2.85. The Kier molecular flexibility index (Phi) is 10.4. The number of carbonyl (C=O) groups excluding carboxylic acids is 2. The monoisotopic (exact) mass is 367 g/mol. The molecule has 0 saturated carbocycles. The van der Waals surface area contributed by atoms with Crippen molar-refractivity contribution in [2.75, 3.05) is 39.3 Å². The number of benzene rings is 1. The van der Waals surface area contributed by atoms with Crippen LogP contribution in [-0.2, 0) is 11.2 Å². The summed E-state index contributed by atoms with van der Waals surface area (Å²) in [4.78, 5) is 26.3. The predicted octanol–water partition coefficient (Wildman–Crippen LogP) is 2.05. The Morgan fingerprint density at radius 3 is 2.44 bits per heavy atom. The highest BCUT2D eigenvalue weighted by atomic mass is 35.5. The van der Waals surface area contributed by atoms with E-state index in [1.807, 2.05) is 24.3 Å². The maximum atomic E-state index is 12.1. The molecule has 0 radical (unpaired) electrons. The number of ketones is 1. The van der Waals surface area contributed by atoms with Gasteiger partial charge in [0.15, 0.2) is 5.78 Å². The minimum atomic E-state index is -0.0335. The summed E-state index contributed by atoms with van der Waals surface area (Å²) in [5.41, 5.74) is 1.91. The van der Waals surface area contributed by atoms with Crippen LogP contribution in [0.3, 0.4) is 0 Å². The molecule has 0 spiro atoms. The molecule has 0 bridgehead atoms. The van der Waals surface area contributed by atoms with Gasteiger partial charge in [0, 0.05) is 51.1 Å². The van der Waals surface area contributed by atoms with Gasteiger partial charge in [-0.2, -0.15) is 0 Å². The second kappa shape index (κ2) is 12.0. The number of hydrogen-bond acceptors (Lipinski definition) is 4. The molecule has 1 amide bonds. The van der Waals surface area contributed by atoms with Crippen LogP contribution in [0.15, 0.2) is 24.3 Å². The lowest BCUT2D eigenvalue weighted by molar-refractivity contribution is -0.121. The first kappa shape index (κ1) is 21.6. The second-order valence-electron chi connectivity index (χ2n) is 6.27. The maximum Gasteiger partial charge on any atom is 0.220 e. The second-order valence-corrected chi connectivity index (χ2v) is 6.27. The van der Waals surface area contributed by atoms with Gasteiger partial charge in [-0.3, -0.25) is 9.59 Å². The zero-order valence-electron chi connectivity index (χ0n) is 15.1. The fourth-order valence-electron chi connectivity index (χ4n) is 2.85. The van der Waals surface area contributed by atoms with E-state index in [2.05, 4.69) is 22.5 Å². The third-order valence-corrected chi connectivity index (χ3v) is 4.45. The molecule has 6 heteroatoms. The normalized spacial score (nSPS) is 14.6. The minimum absolute atomic E-state index is 0. The van der Waals surface area contributed by atoms with E-state index in [-0.39, 0.29) is 36.9 Å². The van der Waals surface area contributed by atoms with Gasteiger partial charge in [0.05, 0.1) is 0 Å². The van der Waals surface area contributed by atoms with Crippen LogP contribution >= 0.6 is 12.4 Å². The van der Waals surface area contributed by atoms with Crippen molar-refractivity contribution in [1.29, 1.82) is 0 Å². The van der Waals surface area contributed by atoms with Gasteiger partial charge in [0.2, 0.25) is 5.91 Å². The summed E-state index contributed by atoms with van der Waals surface area (Å²) in [7, 11) is 0. The Morgan fingerprint density at radius 2 is 1.80 bits per heavy atom. The Bertz CT molecular complexity index is 528. The number of rotatable bonds is 9.